The van der Waals surface area contributed by atoms with Crippen LogP contribution in [0.15, 0.2) is 40.9 Å². The summed E-state index contributed by atoms with van der Waals surface area (Å²) in [5.41, 5.74) is 0.579. The molecule has 5 nitrogen and oxygen atoms in total. The molecular weight excluding hydrogens is 345 g/mol. The van der Waals surface area contributed by atoms with E-state index in [0.717, 1.165) is 10.5 Å². The second-order valence-electron chi connectivity index (χ2n) is 4.27. The Labute approximate surface area is 128 Å². The Hall–Kier alpha value is -1.99. The van der Waals surface area contributed by atoms with Gasteiger partial charge in [-0.2, -0.15) is 0 Å². The predicted molar refractivity (Wildman–Crippen MR) is 77.5 cm³/mol. The van der Waals surface area contributed by atoms with E-state index in [9.17, 15) is 19.6 Å². The standard InChI is InChI=1S/C14H11BrFNO4/c15-11-1-2-14(10(5-11)7-18)21-8-9-3-12(16)6-13(4-9)17(19)20/h1-6,18H,7-8H2. The number of halogens is 2. The molecule has 0 fully saturated rings. The fraction of sp³-hybridized carbons (Fsp3) is 0.143. The highest BCUT2D eigenvalue weighted by Gasteiger charge is 2.11. The van der Waals surface area contributed by atoms with E-state index in [0.29, 0.717) is 16.9 Å². The Morgan fingerprint density at radius 2 is 2.05 bits per heavy atom. The average Bonchev–Trinajstić information content (AvgIpc) is 2.45. The Morgan fingerprint density at radius 1 is 1.29 bits per heavy atom. The topological polar surface area (TPSA) is 72.6 Å². The van der Waals surface area contributed by atoms with Crippen LogP contribution in [-0.2, 0) is 13.2 Å². The lowest BCUT2D eigenvalue weighted by Gasteiger charge is -2.10. The van der Waals surface area contributed by atoms with Gasteiger partial charge in [-0.3, -0.25) is 10.1 Å². The van der Waals surface area contributed by atoms with Crippen LogP contribution in [-0.4, -0.2) is 10.0 Å². The normalized spacial score (nSPS) is 10.4. The van der Waals surface area contributed by atoms with Crippen molar-refractivity contribution in [3.63, 3.8) is 0 Å². The zero-order valence-corrected chi connectivity index (χ0v) is 12.3. The molecule has 1 N–H and O–H groups in total. The first-order valence-electron chi connectivity index (χ1n) is 5.95. The lowest BCUT2D eigenvalue weighted by atomic mass is 10.2. The number of non-ortho nitro benzene ring substituents is 1. The molecule has 0 saturated carbocycles. The Balaban J connectivity index is 2.18. The van der Waals surface area contributed by atoms with Gasteiger partial charge in [0.2, 0.25) is 0 Å². The molecule has 110 valence electrons. The van der Waals surface area contributed by atoms with Gasteiger partial charge in [-0.05, 0) is 29.8 Å². The third kappa shape index (κ3) is 3.99. The van der Waals surface area contributed by atoms with Crippen LogP contribution < -0.4 is 4.74 Å². The summed E-state index contributed by atoms with van der Waals surface area (Å²) >= 11 is 3.28. The third-order valence-electron chi connectivity index (χ3n) is 2.74. The molecule has 0 atom stereocenters. The van der Waals surface area contributed by atoms with Gasteiger partial charge in [0.05, 0.1) is 17.6 Å². The lowest BCUT2D eigenvalue weighted by Crippen LogP contribution is -2.00. The second kappa shape index (κ2) is 6.64. The summed E-state index contributed by atoms with van der Waals surface area (Å²) in [6.07, 6.45) is 0. The molecule has 0 spiro atoms. The van der Waals surface area contributed by atoms with Crippen LogP contribution in [0.1, 0.15) is 11.1 Å². The van der Waals surface area contributed by atoms with Crippen LogP contribution in [0.25, 0.3) is 0 Å². The number of ether oxygens (including phenoxy) is 1. The summed E-state index contributed by atoms with van der Waals surface area (Å²) in [6.45, 7) is -0.245. The third-order valence-corrected chi connectivity index (χ3v) is 3.23. The summed E-state index contributed by atoms with van der Waals surface area (Å²) in [7, 11) is 0. The van der Waals surface area contributed by atoms with E-state index in [4.69, 9.17) is 4.74 Å². The minimum atomic E-state index is -0.694. The molecule has 2 aromatic rings. The van der Waals surface area contributed by atoms with Gasteiger partial charge in [-0.25, -0.2) is 4.39 Å². The predicted octanol–water partition coefficient (Wildman–Crippen LogP) is 3.57. The molecule has 0 heterocycles. The Kier molecular flexibility index (Phi) is 4.87. The molecule has 0 aliphatic carbocycles. The zero-order chi connectivity index (χ0) is 15.4. The van der Waals surface area contributed by atoms with Crippen LogP contribution in [0.4, 0.5) is 10.1 Å². The van der Waals surface area contributed by atoms with E-state index in [2.05, 4.69) is 15.9 Å². The van der Waals surface area contributed by atoms with Crippen LogP contribution in [0.2, 0.25) is 0 Å². The first-order chi connectivity index (χ1) is 9.99. The summed E-state index contributed by atoms with van der Waals surface area (Å²) in [6, 6.07) is 8.36. The maximum Gasteiger partial charge on any atom is 0.272 e. The molecule has 0 bridgehead atoms. The van der Waals surface area contributed by atoms with Crippen molar-refractivity contribution in [1.82, 2.24) is 0 Å². The molecule has 0 aromatic heterocycles. The van der Waals surface area contributed by atoms with Crippen LogP contribution >= 0.6 is 15.9 Å². The Morgan fingerprint density at radius 3 is 2.71 bits per heavy atom. The maximum absolute atomic E-state index is 13.3. The number of nitro benzene ring substituents is 1. The number of hydrogen-bond donors (Lipinski definition) is 1. The highest BCUT2D eigenvalue weighted by molar-refractivity contribution is 9.10. The molecule has 0 amide bonds. The lowest BCUT2D eigenvalue weighted by molar-refractivity contribution is -0.385. The number of rotatable bonds is 5. The molecule has 21 heavy (non-hydrogen) atoms. The second-order valence-corrected chi connectivity index (χ2v) is 5.19. The van der Waals surface area contributed by atoms with Crippen molar-refractivity contribution in [3.8, 4) is 5.75 Å². The van der Waals surface area contributed by atoms with Gasteiger partial charge in [0.1, 0.15) is 18.2 Å². The number of nitrogens with zero attached hydrogens (tertiary/aromatic N) is 1. The SMILES string of the molecule is O=[N+]([O-])c1cc(F)cc(COc2ccc(Br)cc2CO)c1. The zero-order valence-electron chi connectivity index (χ0n) is 10.8. The van der Waals surface area contributed by atoms with Crippen molar-refractivity contribution in [1.29, 1.82) is 0 Å². The van der Waals surface area contributed by atoms with E-state index in [-0.39, 0.29) is 18.9 Å². The Bertz CT molecular complexity index is 678. The highest BCUT2D eigenvalue weighted by atomic mass is 79.9. The quantitative estimate of drug-likeness (QED) is 0.657. The molecular formula is C14H11BrFNO4. The molecule has 0 saturated heterocycles. The summed E-state index contributed by atoms with van der Waals surface area (Å²) < 4.78 is 19.6. The average molecular weight is 356 g/mol. The minimum Gasteiger partial charge on any atom is -0.489 e. The molecule has 0 radical (unpaired) electrons. The fourth-order valence-corrected chi connectivity index (χ4v) is 2.20. The first kappa shape index (κ1) is 15.4. The van der Waals surface area contributed by atoms with E-state index in [1.54, 1.807) is 18.2 Å². The molecule has 2 rings (SSSR count). The van der Waals surface area contributed by atoms with Gasteiger partial charge < -0.3 is 9.84 Å². The van der Waals surface area contributed by atoms with Crippen molar-refractivity contribution in [2.75, 3.05) is 0 Å². The minimum absolute atomic E-state index is 0.0345. The van der Waals surface area contributed by atoms with Gasteiger partial charge >= 0.3 is 0 Å². The number of hydrogen-bond acceptors (Lipinski definition) is 4. The van der Waals surface area contributed by atoms with E-state index in [1.165, 1.54) is 12.1 Å². The number of nitro groups is 1. The van der Waals surface area contributed by atoms with E-state index >= 15 is 0 Å². The molecule has 0 aliphatic rings. The summed E-state index contributed by atoms with van der Waals surface area (Å²) in [5.74, 6) is -0.256. The highest BCUT2D eigenvalue weighted by Crippen LogP contribution is 2.25. The number of aliphatic hydroxyl groups is 1. The van der Waals surface area contributed by atoms with Gasteiger partial charge in [-0.15, -0.1) is 0 Å². The smallest absolute Gasteiger partial charge is 0.272 e. The molecule has 7 heteroatoms. The van der Waals surface area contributed by atoms with Crippen molar-refractivity contribution in [2.45, 2.75) is 13.2 Å². The number of benzene rings is 2. The van der Waals surface area contributed by atoms with Gasteiger partial charge in [0.25, 0.3) is 5.69 Å². The van der Waals surface area contributed by atoms with E-state index in [1.807, 2.05) is 0 Å². The number of aliphatic hydroxyl groups excluding tert-OH is 1. The maximum atomic E-state index is 13.3. The van der Waals surface area contributed by atoms with Crippen LogP contribution in [0.5, 0.6) is 5.75 Å². The van der Waals surface area contributed by atoms with Crippen molar-refractivity contribution >= 4 is 21.6 Å². The summed E-state index contributed by atoms with van der Waals surface area (Å²) in [5, 5.41) is 19.9. The fourth-order valence-electron chi connectivity index (χ4n) is 1.80. The van der Waals surface area contributed by atoms with Crippen molar-refractivity contribution in [2.24, 2.45) is 0 Å². The monoisotopic (exact) mass is 355 g/mol. The molecule has 0 aliphatic heterocycles. The van der Waals surface area contributed by atoms with Gasteiger partial charge in [0, 0.05) is 16.1 Å². The van der Waals surface area contributed by atoms with Gasteiger partial charge in [-0.1, -0.05) is 15.9 Å². The van der Waals surface area contributed by atoms with Gasteiger partial charge in [0.15, 0.2) is 0 Å². The van der Waals surface area contributed by atoms with Crippen molar-refractivity contribution < 1.29 is 19.2 Å². The largest absolute Gasteiger partial charge is 0.489 e. The first-order valence-corrected chi connectivity index (χ1v) is 6.75. The molecule has 2 aromatic carbocycles. The molecule has 0 unspecified atom stereocenters. The summed E-state index contributed by atoms with van der Waals surface area (Å²) in [4.78, 5) is 10.0. The van der Waals surface area contributed by atoms with E-state index < -0.39 is 10.7 Å². The van der Waals surface area contributed by atoms with Crippen LogP contribution in [0.3, 0.4) is 0 Å². The van der Waals surface area contributed by atoms with Crippen LogP contribution in [0, 0.1) is 15.9 Å². The van der Waals surface area contributed by atoms with Crippen molar-refractivity contribution in [3.05, 3.63) is 67.9 Å².